The molecule has 0 aliphatic carbocycles. The Kier molecular flexibility index (Phi) is 6.71. The van der Waals surface area contributed by atoms with Crippen molar-refractivity contribution in [1.29, 1.82) is 10.5 Å². The summed E-state index contributed by atoms with van der Waals surface area (Å²) in [4.78, 5) is 4.77. The molecule has 0 radical (unpaired) electrons. The van der Waals surface area contributed by atoms with Crippen LogP contribution in [0.15, 0.2) is 41.4 Å². The van der Waals surface area contributed by atoms with E-state index in [1.165, 1.54) is 0 Å². The molecule has 0 spiro atoms. The highest BCUT2D eigenvalue weighted by Crippen LogP contribution is 2.48. The molecule has 3 unspecified atom stereocenters. The number of hydrogen-bond donors (Lipinski definition) is 2. The lowest BCUT2D eigenvalue weighted by atomic mass is 9.79. The Morgan fingerprint density at radius 1 is 1.11 bits per heavy atom. The van der Waals surface area contributed by atoms with E-state index in [1.807, 2.05) is 18.2 Å². The van der Waals surface area contributed by atoms with Crippen molar-refractivity contribution in [2.75, 3.05) is 20.8 Å². The van der Waals surface area contributed by atoms with Crippen LogP contribution in [0.5, 0.6) is 5.75 Å². The van der Waals surface area contributed by atoms with E-state index in [4.69, 9.17) is 24.9 Å². The number of nitrogens with one attached hydrogen (secondary N) is 1. The summed E-state index contributed by atoms with van der Waals surface area (Å²) in [6, 6.07) is 15.1. The lowest BCUT2D eigenvalue weighted by Gasteiger charge is -2.45. The van der Waals surface area contributed by atoms with Gasteiger partial charge in [0.15, 0.2) is 11.7 Å². The molecule has 4 rings (SSSR count). The van der Waals surface area contributed by atoms with E-state index in [2.05, 4.69) is 31.3 Å². The molecule has 1 fully saturated rings. The Hall–Kier alpha value is -3.59. The number of methoxy groups -OCH3 is 1. The molecule has 0 saturated carbocycles. The van der Waals surface area contributed by atoms with Gasteiger partial charge in [-0.2, -0.15) is 10.5 Å². The predicted octanol–water partition coefficient (Wildman–Crippen LogP) is 3.79. The highest BCUT2D eigenvalue weighted by atomic mass is 16.5. The highest BCUT2D eigenvalue weighted by molar-refractivity contribution is 5.78. The zero-order valence-corrected chi connectivity index (χ0v) is 20.6. The van der Waals surface area contributed by atoms with Crippen molar-refractivity contribution in [3.8, 4) is 29.0 Å². The van der Waals surface area contributed by atoms with Crippen LogP contribution in [0.4, 0.5) is 0 Å². The van der Waals surface area contributed by atoms with Gasteiger partial charge in [-0.1, -0.05) is 6.07 Å². The van der Waals surface area contributed by atoms with Crippen molar-refractivity contribution in [3.63, 3.8) is 0 Å². The van der Waals surface area contributed by atoms with E-state index in [0.717, 1.165) is 29.5 Å². The predicted molar refractivity (Wildman–Crippen MR) is 132 cm³/mol. The first-order valence-corrected chi connectivity index (χ1v) is 11.7. The second kappa shape index (κ2) is 9.58. The number of nitriles is 2. The summed E-state index contributed by atoms with van der Waals surface area (Å²) in [5.74, 6) is 1.22. The maximum atomic E-state index is 9.41. The zero-order chi connectivity index (χ0) is 25.2. The van der Waals surface area contributed by atoms with Crippen molar-refractivity contribution in [1.82, 2.24) is 5.32 Å². The molecule has 8 heteroatoms. The third-order valence-corrected chi connectivity index (χ3v) is 6.84. The van der Waals surface area contributed by atoms with E-state index < -0.39 is 5.72 Å². The molecule has 0 amide bonds. The molecule has 2 aromatic rings. The maximum Gasteiger partial charge on any atom is 0.195 e. The van der Waals surface area contributed by atoms with Crippen molar-refractivity contribution < 1.29 is 14.2 Å². The van der Waals surface area contributed by atoms with Crippen molar-refractivity contribution in [2.45, 2.75) is 50.5 Å². The number of rotatable bonds is 4. The third kappa shape index (κ3) is 4.95. The third-order valence-electron chi connectivity index (χ3n) is 6.84. The van der Waals surface area contributed by atoms with Gasteiger partial charge in [0.05, 0.1) is 28.9 Å². The number of benzene rings is 2. The molecule has 1 saturated heterocycles. The van der Waals surface area contributed by atoms with Gasteiger partial charge < -0.3 is 25.3 Å². The zero-order valence-electron chi connectivity index (χ0n) is 20.6. The fraction of sp³-hybridized carbons (Fsp3) is 0.444. The SMILES string of the molecule is CN/C(N)=N\C1(OC)CC(C2CCOC(C)(C)C2)Oc2ccc(-c3cc(C#N)cc(C#N)c3)cc21. The number of ether oxygens (including phenoxy) is 3. The van der Waals surface area contributed by atoms with Crippen molar-refractivity contribution >= 4 is 5.96 Å². The van der Waals surface area contributed by atoms with Crippen LogP contribution in [0.1, 0.15) is 49.8 Å². The second-order valence-corrected chi connectivity index (χ2v) is 9.69. The summed E-state index contributed by atoms with van der Waals surface area (Å²) >= 11 is 0. The standard InChI is InChI=1S/C27H31N5O3/c1-26(2)13-20(7-8-34-26)24-14-27(33-4,32-25(30)31-3)22-12-19(5-6-23(22)35-24)21-10-17(15-28)9-18(11-21)16-29/h5-6,9-12,20,24H,7-8,13-14H2,1-4H3,(H3,30,31,32). The van der Waals surface area contributed by atoms with Gasteiger partial charge in [0, 0.05) is 38.7 Å². The number of hydrogen-bond acceptors (Lipinski definition) is 6. The molecule has 35 heavy (non-hydrogen) atoms. The van der Waals surface area contributed by atoms with Crippen LogP contribution in [-0.4, -0.2) is 38.4 Å². The fourth-order valence-corrected chi connectivity index (χ4v) is 5.08. The van der Waals surface area contributed by atoms with Gasteiger partial charge in [-0.15, -0.1) is 0 Å². The van der Waals surface area contributed by atoms with E-state index in [0.29, 0.717) is 29.9 Å². The molecular weight excluding hydrogens is 442 g/mol. The first-order valence-electron chi connectivity index (χ1n) is 11.7. The Morgan fingerprint density at radius 2 is 1.83 bits per heavy atom. The second-order valence-electron chi connectivity index (χ2n) is 9.69. The summed E-state index contributed by atoms with van der Waals surface area (Å²) in [6.45, 7) is 4.89. The van der Waals surface area contributed by atoms with E-state index in [1.54, 1.807) is 32.4 Å². The summed E-state index contributed by atoms with van der Waals surface area (Å²) < 4.78 is 18.6. The molecule has 3 atom stereocenters. The lowest BCUT2D eigenvalue weighted by Crippen LogP contribution is -2.47. The highest BCUT2D eigenvalue weighted by Gasteiger charge is 2.47. The molecule has 182 valence electrons. The van der Waals surface area contributed by atoms with Crippen LogP contribution < -0.4 is 15.8 Å². The van der Waals surface area contributed by atoms with Crippen LogP contribution in [0.3, 0.4) is 0 Å². The van der Waals surface area contributed by atoms with Gasteiger partial charge in [-0.3, -0.25) is 0 Å². The van der Waals surface area contributed by atoms with Gasteiger partial charge >= 0.3 is 0 Å². The molecule has 2 heterocycles. The molecule has 2 aliphatic rings. The number of guanidine groups is 1. The first-order chi connectivity index (χ1) is 16.7. The number of aliphatic imine (C=N–C) groups is 1. The Balaban J connectivity index is 1.82. The average molecular weight is 474 g/mol. The summed E-state index contributed by atoms with van der Waals surface area (Å²) in [5, 5.41) is 21.7. The number of fused-ring (bicyclic) bond motifs is 1. The summed E-state index contributed by atoms with van der Waals surface area (Å²) in [6.07, 6.45) is 2.13. The maximum absolute atomic E-state index is 9.41. The minimum Gasteiger partial charge on any atom is -0.489 e. The number of nitrogens with zero attached hydrogens (tertiary/aromatic N) is 3. The monoisotopic (exact) mass is 473 g/mol. The minimum atomic E-state index is -1.06. The molecule has 0 bridgehead atoms. The molecule has 0 aromatic heterocycles. The van der Waals surface area contributed by atoms with Gasteiger partial charge in [0.2, 0.25) is 0 Å². The molecule has 3 N–H and O–H groups in total. The van der Waals surface area contributed by atoms with Crippen LogP contribution in [-0.2, 0) is 15.2 Å². The smallest absolute Gasteiger partial charge is 0.195 e. The number of nitrogens with two attached hydrogens (primary N) is 1. The van der Waals surface area contributed by atoms with Gasteiger partial charge in [-0.05, 0) is 68.1 Å². The molecule has 8 nitrogen and oxygen atoms in total. The molecule has 2 aromatic carbocycles. The van der Waals surface area contributed by atoms with E-state index in [-0.39, 0.29) is 23.6 Å². The van der Waals surface area contributed by atoms with Gasteiger partial charge in [-0.25, -0.2) is 4.99 Å². The minimum absolute atomic E-state index is 0.128. The quantitative estimate of drug-likeness (QED) is 0.511. The van der Waals surface area contributed by atoms with Crippen LogP contribution in [0.2, 0.25) is 0 Å². The van der Waals surface area contributed by atoms with Crippen LogP contribution in [0.25, 0.3) is 11.1 Å². The van der Waals surface area contributed by atoms with E-state index >= 15 is 0 Å². The Labute approximate surface area is 206 Å². The van der Waals surface area contributed by atoms with E-state index in [9.17, 15) is 10.5 Å². The summed E-state index contributed by atoms with van der Waals surface area (Å²) in [7, 11) is 3.34. The van der Waals surface area contributed by atoms with Crippen molar-refractivity contribution in [3.05, 3.63) is 53.1 Å². The van der Waals surface area contributed by atoms with Crippen LogP contribution in [0, 0.1) is 28.6 Å². The van der Waals surface area contributed by atoms with Gasteiger partial charge in [0.1, 0.15) is 11.9 Å². The lowest BCUT2D eigenvalue weighted by molar-refractivity contribution is -0.118. The Bertz CT molecular complexity index is 1190. The molecular formula is C27H31N5O3. The summed E-state index contributed by atoms with van der Waals surface area (Å²) in [5.41, 5.74) is 8.04. The van der Waals surface area contributed by atoms with Crippen molar-refractivity contribution in [2.24, 2.45) is 16.6 Å². The average Bonchev–Trinajstić information content (AvgIpc) is 2.87. The topological polar surface area (TPSA) is 126 Å². The Morgan fingerprint density at radius 3 is 2.43 bits per heavy atom. The normalized spacial score (nSPS) is 25.5. The largest absolute Gasteiger partial charge is 0.489 e. The first kappa shape index (κ1) is 24.5. The molecule has 2 aliphatic heterocycles. The van der Waals surface area contributed by atoms with Crippen LogP contribution >= 0.6 is 0 Å². The van der Waals surface area contributed by atoms with Gasteiger partial charge in [0.25, 0.3) is 0 Å². The fourth-order valence-electron chi connectivity index (χ4n) is 5.08.